The summed E-state index contributed by atoms with van der Waals surface area (Å²) in [6, 6.07) is 4.61. The van der Waals surface area contributed by atoms with Crippen molar-refractivity contribution < 1.29 is 14.7 Å². The highest BCUT2D eigenvalue weighted by atomic mass is 35.5. The van der Waals surface area contributed by atoms with E-state index < -0.39 is 11.5 Å². The van der Waals surface area contributed by atoms with E-state index in [1.165, 1.54) is 17.0 Å². The molecule has 0 radical (unpaired) electrons. The van der Waals surface area contributed by atoms with Crippen molar-refractivity contribution in [1.29, 1.82) is 0 Å². The molecule has 1 aliphatic rings. The molecule has 1 amide bonds. The molecule has 1 aromatic rings. The highest BCUT2D eigenvalue weighted by Gasteiger charge is 2.49. The van der Waals surface area contributed by atoms with Gasteiger partial charge in [0.25, 0.3) is 5.91 Å². The monoisotopic (exact) mass is 310 g/mol. The zero-order valence-corrected chi connectivity index (χ0v) is 12.7. The predicted octanol–water partition coefficient (Wildman–Crippen LogP) is 2.78. The van der Waals surface area contributed by atoms with Gasteiger partial charge < -0.3 is 15.7 Å². The lowest BCUT2D eigenvalue weighted by molar-refractivity contribution is -0.148. The quantitative estimate of drug-likeness (QED) is 0.838. The smallest absolute Gasteiger partial charge is 0.329 e. The number of benzene rings is 1. The van der Waals surface area contributed by atoms with E-state index in [-0.39, 0.29) is 5.91 Å². The number of aliphatic carboxylic acids is 1. The van der Waals surface area contributed by atoms with Gasteiger partial charge in [-0.1, -0.05) is 24.9 Å². The van der Waals surface area contributed by atoms with Gasteiger partial charge in [-0.15, -0.1) is 0 Å². The van der Waals surface area contributed by atoms with Gasteiger partial charge in [-0.05, 0) is 37.5 Å². The Balaban J connectivity index is 2.38. The molecule has 1 fully saturated rings. The number of carboxylic acid groups (broad SMARTS) is 1. The number of rotatable bonds is 4. The highest BCUT2D eigenvalue weighted by molar-refractivity contribution is 6.31. The van der Waals surface area contributed by atoms with E-state index in [1.807, 2.05) is 6.92 Å². The first-order valence-corrected chi connectivity index (χ1v) is 7.40. The lowest BCUT2D eigenvalue weighted by atomic mass is 9.90. The van der Waals surface area contributed by atoms with Crippen molar-refractivity contribution in [3.05, 3.63) is 28.8 Å². The van der Waals surface area contributed by atoms with Gasteiger partial charge in [0, 0.05) is 22.8 Å². The number of carboxylic acids is 1. The third-order valence-electron chi connectivity index (χ3n) is 3.96. The summed E-state index contributed by atoms with van der Waals surface area (Å²) in [5.74, 6) is -1.26. The van der Waals surface area contributed by atoms with Crippen molar-refractivity contribution >= 4 is 29.2 Å². The maximum absolute atomic E-state index is 12.7. The van der Waals surface area contributed by atoms with E-state index in [4.69, 9.17) is 17.3 Å². The molecule has 1 aromatic carbocycles. The number of nitrogens with zero attached hydrogens (tertiary/aromatic N) is 1. The average Bonchev–Trinajstić information content (AvgIpc) is 2.82. The predicted molar refractivity (Wildman–Crippen MR) is 81.4 cm³/mol. The molecule has 2 rings (SSSR count). The fourth-order valence-electron chi connectivity index (χ4n) is 3.07. The van der Waals surface area contributed by atoms with Gasteiger partial charge in [0.15, 0.2) is 0 Å². The second-order valence-corrected chi connectivity index (χ2v) is 5.86. The van der Waals surface area contributed by atoms with Crippen molar-refractivity contribution in [2.75, 3.05) is 12.3 Å². The Labute approximate surface area is 128 Å². The van der Waals surface area contributed by atoms with E-state index in [1.54, 1.807) is 6.07 Å². The molecule has 0 spiro atoms. The first kappa shape index (κ1) is 15.6. The van der Waals surface area contributed by atoms with Crippen LogP contribution in [0.2, 0.25) is 5.02 Å². The van der Waals surface area contributed by atoms with Crippen molar-refractivity contribution in [2.24, 2.45) is 0 Å². The Morgan fingerprint density at radius 1 is 1.43 bits per heavy atom. The molecule has 21 heavy (non-hydrogen) atoms. The number of anilines is 1. The summed E-state index contributed by atoms with van der Waals surface area (Å²) < 4.78 is 0. The van der Waals surface area contributed by atoms with Crippen LogP contribution in [-0.2, 0) is 4.79 Å². The van der Waals surface area contributed by atoms with Gasteiger partial charge in [0.2, 0.25) is 0 Å². The van der Waals surface area contributed by atoms with E-state index in [2.05, 4.69) is 0 Å². The van der Waals surface area contributed by atoms with Crippen LogP contribution in [0.5, 0.6) is 0 Å². The van der Waals surface area contributed by atoms with Crippen LogP contribution < -0.4 is 5.73 Å². The number of likely N-dealkylation sites (tertiary alicyclic amines) is 1. The Kier molecular flexibility index (Phi) is 4.42. The van der Waals surface area contributed by atoms with Crippen molar-refractivity contribution in [3.8, 4) is 0 Å². The number of nitrogens with two attached hydrogens (primary N) is 1. The fourth-order valence-corrected chi connectivity index (χ4v) is 3.31. The van der Waals surface area contributed by atoms with Gasteiger partial charge in [-0.2, -0.15) is 0 Å². The van der Waals surface area contributed by atoms with Crippen LogP contribution in [0.4, 0.5) is 5.69 Å². The Bertz CT molecular complexity index is 556. The first-order valence-electron chi connectivity index (χ1n) is 7.02. The van der Waals surface area contributed by atoms with Crippen LogP contribution in [0, 0.1) is 0 Å². The van der Waals surface area contributed by atoms with Gasteiger partial charge in [0.05, 0.1) is 0 Å². The Morgan fingerprint density at radius 2 is 2.14 bits per heavy atom. The summed E-state index contributed by atoms with van der Waals surface area (Å²) in [6.45, 7) is 2.36. The zero-order valence-electron chi connectivity index (χ0n) is 11.9. The van der Waals surface area contributed by atoms with Gasteiger partial charge in [-0.25, -0.2) is 4.79 Å². The molecule has 0 aromatic heterocycles. The Hall–Kier alpha value is -1.75. The largest absolute Gasteiger partial charge is 0.479 e. The summed E-state index contributed by atoms with van der Waals surface area (Å²) in [6.07, 6.45) is 2.32. The van der Waals surface area contributed by atoms with Crippen LogP contribution in [-0.4, -0.2) is 34.0 Å². The maximum Gasteiger partial charge on any atom is 0.329 e. The molecule has 6 heteroatoms. The number of halogens is 1. The minimum Gasteiger partial charge on any atom is -0.479 e. The number of amides is 1. The lowest BCUT2D eigenvalue weighted by Gasteiger charge is -2.34. The van der Waals surface area contributed by atoms with E-state index in [0.29, 0.717) is 48.5 Å². The summed E-state index contributed by atoms with van der Waals surface area (Å²) in [5, 5.41) is 10.00. The average molecular weight is 311 g/mol. The van der Waals surface area contributed by atoms with Crippen LogP contribution in [0.3, 0.4) is 0 Å². The number of carbonyl (C=O) groups is 2. The van der Waals surface area contributed by atoms with Gasteiger partial charge in [-0.3, -0.25) is 4.79 Å². The summed E-state index contributed by atoms with van der Waals surface area (Å²) in [4.78, 5) is 25.9. The molecule has 0 bridgehead atoms. The molecule has 1 heterocycles. The van der Waals surface area contributed by atoms with Crippen LogP contribution in [0.15, 0.2) is 18.2 Å². The Morgan fingerprint density at radius 3 is 2.71 bits per heavy atom. The molecule has 1 aliphatic heterocycles. The minimum absolute atomic E-state index is 0.322. The number of hydrogen-bond donors (Lipinski definition) is 2. The molecular formula is C15H19ClN2O3. The van der Waals surface area contributed by atoms with Crippen molar-refractivity contribution in [3.63, 3.8) is 0 Å². The van der Waals surface area contributed by atoms with Crippen molar-refractivity contribution in [2.45, 2.75) is 38.1 Å². The molecule has 1 unspecified atom stereocenters. The number of nitrogen functional groups attached to an aromatic ring is 1. The van der Waals surface area contributed by atoms with Crippen LogP contribution in [0.1, 0.15) is 43.0 Å². The fraction of sp³-hybridized carbons (Fsp3) is 0.467. The highest BCUT2D eigenvalue weighted by Crippen LogP contribution is 2.35. The third-order valence-corrected chi connectivity index (χ3v) is 4.18. The summed E-state index contributed by atoms with van der Waals surface area (Å²) >= 11 is 5.93. The van der Waals surface area contributed by atoms with Crippen LogP contribution >= 0.6 is 11.6 Å². The standard InChI is InChI=1S/C15H19ClN2O3/c1-2-4-15(14(20)21)5-3-6-18(15)13(19)10-7-11(16)9-12(17)8-10/h7-9H,2-6,17H2,1H3,(H,20,21). The second kappa shape index (κ2) is 5.93. The number of hydrogen-bond acceptors (Lipinski definition) is 3. The SMILES string of the molecule is CCCC1(C(=O)O)CCCN1C(=O)c1cc(N)cc(Cl)c1. The van der Waals surface area contributed by atoms with Gasteiger partial charge in [0.1, 0.15) is 5.54 Å². The zero-order chi connectivity index (χ0) is 15.6. The maximum atomic E-state index is 12.7. The number of carbonyl (C=O) groups excluding carboxylic acids is 1. The van der Waals surface area contributed by atoms with Crippen molar-refractivity contribution in [1.82, 2.24) is 4.90 Å². The topological polar surface area (TPSA) is 83.6 Å². The molecule has 5 nitrogen and oxygen atoms in total. The third kappa shape index (κ3) is 2.83. The molecule has 0 saturated carbocycles. The molecule has 0 aliphatic carbocycles. The molecule has 1 saturated heterocycles. The van der Waals surface area contributed by atoms with Gasteiger partial charge >= 0.3 is 5.97 Å². The first-order chi connectivity index (χ1) is 9.90. The molecule has 114 valence electrons. The minimum atomic E-state index is -1.11. The van der Waals surface area contributed by atoms with E-state index in [0.717, 1.165) is 0 Å². The van der Waals surface area contributed by atoms with E-state index >= 15 is 0 Å². The second-order valence-electron chi connectivity index (χ2n) is 5.42. The summed E-state index contributed by atoms with van der Waals surface area (Å²) in [7, 11) is 0. The normalized spacial score (nSPS) is 21.5. The van der Waals surface area contributed by atoms with Crippen LogP contribution in [0.25, 0.3) is 0 Å². The van der Waals surface area contributed by atoms with E-state index in [9.17, 15) is 14.7 Å². The summed E-state index contributed by atoms with van der Waals surface area (Å²) in [5.41, 5.74) is 5.33. The molecule has 1 atom stereocenters. The molecule has 3 N–H and O–H groups in total. The molecular weight excluding hydrogens is 292 g/mol. The lowest BCUT2D eigenvalue weighted by Crippen LogP contribution is -2.53.